The highest BCUT2D eigenvalue weighted by Crippen LogP contribution is 2.27. The lowest BCUT2D eigenvalue weighted by Crippen LogP contribution is -2.47. The van der Waals surface area contributed by atoms with Crippen LogP contribution in [0.2, 0.25) is 0 Å². The van der Waals surface area contributed by atoms with Gasteiger partial charge in [0.1, 0.15) is 0 Å². The molecule has 1 amide bonds. The summed E-state index contributed by atoms with van der Waals surface area (Å²) in [5.74, 6) is 4.15. The molecular formula is C21H34N4OS2. The van der Waals surface area contributed by atoms with Gasteiger partial charge in [-0.05, 0) is 44.1 Å². The van der Waals surface area contributed by atoms with E-state index in [0.29, 0.717) is 17.9 Å². The van der Waals surface area contributed by atoms with Crippen LogP contribution in [0.15, 0.2) is 22.5 Å². The zero-order chi connectivity index (χ0) is 19.8. The fraction of sp³-hybridized carbons (Fsp3) is 0.714. The number of rotatable bonds is 6. The lowest BCUT2D eigenvalue weighted by Gasteiger charge is -2.34. The summed E-state index contributed by atoms with van der Waals surface area (Å²) < 4.78 is 0. The lowest BCUT2D eigenvalue weighted by molar-refractivity contribution is -0.136. The Morgan fingerprint density at radius 3 is 2.68 bits per heavy atom. The number of thioether (sulfide) groups is 1. The number of hydrogen-bond acceptors (Lipinski definition) is 4. The van der Waals surface area contributed by atoms with Gasteiger partial charge in [-0.1, -0.05) is 13.0 Å². The Hall–Kier alpha value is -1.21. The summed E-state index contributed by atoms with van der Waals surface area (Å²) in [7, 11) is 0. The maximum Gasteiger partial charge on any atom is 0.225 e. The fourth-order valence-corrected chi connectivity index (χ4v) is 5.61. The molecule has 2 N–H and O–H groups in total. The Labute approximate surface area is 177 Å². The van der Waals surface area contributed by atoms with Gasteiger partial charge in [0.2, 0.25) is 5.91 Å². The minimum atomic E-state index is 0.222. The van der Waals surface area contributed by atoms with Crippen molar-refractivity contribution in [1.29, 1.82) is 0 Å². The van der Waals surface area contributed by atoms with Crippen LogP contribution in [0.4, 0.5) is 0 Å². The van der Waals surface area contributed by atoms with Crippen LogP contribution in [0, 0.1) is 5.92 Å². The SMILES string of the molecule is CCNC(=NCC(C)c1cccs1)NC1CCC(C(=O)N2CCSCC2)CC1. The van der Waals surface area contributed by atoms with E-state index in [4.69, 9.17) is 4.99 Å². The van der Waals surface area contributed by atoms with Gasteiger partial charge in [-0.2, -0.15) is 11.8 Å². The normalized spacial score (nSPS) is 24.6. The van der Waals surface area contributed by atoms with Gasteiger partial charge in [-0.15, -0.1) is 11.3 Å². The van der Waals surface area contributed by atoms with Crippen LogP contribution in [0.3, 0.4) is 0 Å². The number of amides is 1. The predicted molar refractivity (Wildman–Crippen MR) is 121 cm³/mol. The quantitative estimate of drug-likeness (QED) is 0.544. The van der Waals surface area contributed by atoms with Crippen LogP contribution in [-0.4, -0.2) is 60.5 Å². The molecule has 1 unspecified atom stereocenters. The number of nitrogens with zero attached hydrogens (tertiary/aromatic N) is 2. The molecule has 156 valence electrons. The van der Waals surface area contributed by atoms with E-state index in [0.717, 1.165) is 69.3 Å². The first-order valence-corrected chi connectivity index (χ1v) is 12.7. The molecule has 1 aliphatic heterocycles. The summed E-state index contributed by atoms with van der Waals surface area (Å²) in [4.78, 5) is 21.0. The third-order valence-corrected chi connectivity index (χ3v) is 7.68. The summed E-state index contributed by atoms with van der Waals surface area (Å²) >= 11 is 3.76. The minimum Gasteiger partial charge on any atom is -0.357 e. The first-order valence-electron chi connectivity index (χ1n) is 10.6. The van der Waals surface area contributed by atoms with Crippen molar-refractivity contribution in [2.45, 2.75) is 51.5 Å². The Balaban J connectivity index is 1.46. The lowest BCUT2D eigenvalue weighted by atomic mass is 9.85. The first-order chi connectivity index (χ1) is 13.7. The third kappa shape index (κ3) is 6.14. The molecule has 1 aliphatic carbocycles. The van der Waals surface area contributed by atoms with Crippen molar-refractivity contribution in [2.75, 3.05) is 37.7 Å². The van der Waals surface area contributed by atoms with Crippen molar-refractivity contribution in [2.24, 2.45) is 10.9 Å². The van der Waals surface area contributed by atoms with Crippen molar-refractivity contribution in [1.82, 2.24) is 15.5 Å². The molecule has 1 saturated heterocycles. The molecule has 0 aromatic carbocycles. The molecule has 3 rings (SSSR count). The van der Waals surface area contributed by atoms with Crippen LogP contribution in [0.5, 0.6) is 0 Å². The van der Waals surface area contributed by atoms with Gasteiger partial charge in [-0.25, -0.2) is 0 Å². The average molecular weight is 423 g/mol. The van der Waals surface area contributed by atoms with Gasteiger partial charge < -0.3 is 15.5 Å². The van der Waals surface area contributed by atoms with Crippen LogP contribution in [0.25, 0.3) is 0 Å². The first kappa shape index (κ1) is 21.5. The van der Waals surface area contributed by atoms with Crippen molar-refractivity contribution < 1.29 is 4.79 Å². The fourth-order valence-electron chi connectivity index (χ4n) is 3.93. The number of guanidine groups is 1. The van der Waals surface area contributed by atoms with Gasteiger partial charge >= 0.3 is 0 Å². The molecule has 7 heteroatoms. The molecule has 0 spiro atoms. The zero-order valence-electron chi connectivity index (χ0n) is 17.2. The molecule has 2 heterocycles. The molecule has 28 heavy (non-hydrogen) atoms. The molecule has 1 aromatic rings. The van der Waals surface area contributed by atoms with E-state index in [1.54, 1.807) is 11.3 Å². The molecule has 0 radical (unpaired) electrons. The molecule has 2 aliphatic rings. The number of hydrogen-bond donors (Lipinski definition) is 2. The van der Waals surface area contributed by atoms with Gasteiger partial charge in [0, 0.05) is 53.9 Å². The third-order valence-electron chi connectivity index (χ3n) is 5.64. The van der Waals surface area contributed by atoms with Crippen molar-refractivity contribution in [3.8, 4) is 0 Å². The molecule has 2 fully saturated rings. The molecular weight excluding hydrogens is 388 g/mol. The Morgan fingerprint density at radius 1 is 1.29 bits per heavy atom. The summed E-state index contributed by atoms with van der Waals surface area (Å²) in [5, 5.41) is 9.12. The van der Waals surface area contributed by atoms with Crippen LogP contribution >= 0.6 is 23.1 Å². The molecule has 0 bridgehead atoms. The summed E-state index contributed by atoms with van der Waals surface area (Å²) in [6.45, 7) is 7.85. The van der Waals surface area contributed by atoms with E-state index in [1.165, 1.54) is 4.88 Å². The van der Waals surface area contributed by atoms with E-state index in [9.17, 15) is 4.79 Å². The topological polar surface area (TPSA) is 56.7 Å². The maximum atomic E-state index is 12.7. The van der Waals surface area contributed by atoms with Gasteiger partial charge in [0.15, 0.2) is 5.96 Å². The number of thiophene rings is 1. The molecule has 1 atom stereocenters. The highest BCUT2D eigenvalue weighted by molar-refractivity contribution is 7.99. The molecule has 1 aromatic heterocycles. The second kappa shape index (κ2) is 11.1. The smallest absolute Gasteiger partial charge is 0.225 e. The van der Waals surface area contributed by atoms with E-state index in [2.05, 4.69) is 46.9 Å². The minimum absolute atomic E-state index is 0.222. The van der Waals surface area contributed by atoms with Crippen molar-refractivity contribution in [3.05, 3.63) is 22.4 Å². The summed E-state index contributed by atoms with van der Waals surface area (Å²) in [5.41, 5.74) is 0. The Morgan fingerprint density at radius 2 is 2.04 bits per heavy atom. The maximum absolute atomic E-state index is 12.7. The molecule has 5 nitrogen and oxygen atoms in total. The van der Waals surface area contributed by atoms with E-state index < -0.39 is 0 Å². The average Bonchev–Trinajstić information content (AvgIpc) is 3.28. The number of aliphatic imine (C=N–C) groups is 1. The monoisotopic (exact) mass is 422 g/mol. The Kier molecular flexibility index (Phi) is 8.52. The van der Waals surface area contributed by atoms with Gasteiger partial charge in [-0.3, -0.25) is 9.79 Å². The highest BCUT2D eigenvalue weighted by Gasteiger charge is 2.30. The van der Waals surface area contributed by atoms with E-state index >= 15 is 0 Å². The Bertz CT molecular complexity index is 620. The van der Waals surface area contributed by atoms with Crippen LogP contribution in [-0.2, 0) is 4.79 Å². The highest BCUT2D eigenvalue weighted by atomic mass is 32.2. The van der Waals surface area contributed by atoms with Crippen LogP contribution in [0.1, 0.15) is 50.3 Å². The van der Waals surface area contributed by atoms with Crippen molar-refractivity contribution in [3.63, 3.8) is 0 Å². The summed E-state index contributed by atoms with van der Waals surface area (Å²) in [6, 6.07) is 4.70. The number of carbonyl (C=O) groups excluding carboxylic acids is 1. The second-order valence-corrected chi connectivity index (χ2v) is 9.97. The van der Waals surface area contributed by atoms with E-state index in [-0.39, 0.29) is 5.92 Å². The van der Waals surface area contributed by atoms with E-state index in [1.807, 2.05) is 11.8 Å². The predicted octanol–water partition coefficient (Wildman–Crippen LogP) is 3.54. The number of nitrogens with one attached hydrogen (secondary N) is 2. The number of carbonyl (C=O) groups is 1. The van der Waals surface area contributed by atoms with Crippen molar-refractivity contribution >= 4 is 35.0 Å². The molecule has 1 saturated carbocycles. The second-order valence-electron chi connectivity index (χ2n) is 7.77. The zero-order valence-corrected chi connectivity index (χ0v) is 18.8. The van der Waals surface area contributed by atoms with Crippen LogP contribution < -0.4 is 10.6 Å². The largest absolute Gasteiger partial charge is 0.357 e. The van der Waals surface area contributed by atoms with Gasteiger partial charge in [0.05, 0.1) is 6.54 Å². The summed E-state index contributed by atoms with van der Waals surface area (Å²) in [6.07, 6.45) is 4.07. The van der Waals surface area contributed by atoms with Gasteiger partial charge in [0.25, 0.3) is 0 Å². The standard InChI is InChI=1S/C21H34N4OS2/c1-3-22-21(23-15-16(2)19-5-4-12-28-19)24-18-8-6-17(7-9-18)20(26)25-10-13-27-14-11-25/h4-5,12,16-18H,3,6-11,13-15H2,1-2H3,(H2,22,23,24).